The fourth-order valence-corrected chi connectivity index (χ4v) is 2.33. The molecule has 3 N–H and O–H groups in total. The van der Waals surface area contributed by atoms with Crippen LogP contribution in [0.1, 0.15) is 12.8 Å². The van der Waals surface area contributed by atoms with Gasteiger partial charge in [-0.05, 0) is 18.8 Å². The Morgan fingerprint density at radius 3 is 2.23 bits per heavy atom. The minimum absolute atomic E-state index is 0.0638. The Labute approximate surface area is 75.6 Å². The second kappa shape index (κ2) is 2.67. The van der Waals surface area contributed by atoms with E-state index in [0.29, 0.717) is 13.1 Å². The first kappa shape index (κ1) is 8.93. The Hall–Kier alpha value is -0.650. The molecular formula is C8H13NO4. The summed E-state index contributed by atoms with van der Waals surface area (Å²) in [6, 6.07) is 0. The van der Waals surface area contributed by atoms with Crippen molar-refractivity contribution in [2.45, 2.75) is 24.7 Å². The smallest absolute Gasteiger partial charge is 0.354 e. The van der Waals surface area contributed by atoms with Crippen molar-refractivity contribution in [3.63, 3.8) is 0 Å². The lowest BCUT2D eigenvalue weighted by atomic mass is 9.78. The van der Waals surface area contributed by atoms with Gasteiger partial charge in [0.25, 0.3) is 0 Å². The molecule has 0 aromatic heterocycles. The number of fused-ring (bicyclic) bond motifs is 3. The molecule has 3 heterocycles. The molecule has 0 saturated carbocycles. The van der Waals surface area contributed by atoms with Gasteiger partial charge in [0.2, 0.25) is 5.72 Å². The topological polar surface area (TPSA) is 81.0 Å². The van der Waals surface area contributed by atoms with Crippen molar-refractivity contribution >= 4 is 5.97 Å². The van der Waals surface area contributed by atoms with Crippen molar-refractivity contribution in [2.75, 3.05) is 13.1 Å². The highest BCUT2D eigenvalue weighted by atomic mass is 16.4. The van der Waals surface area contributed by atoms with E-state index < -0.39 is 17.8 Å². The van der Waals surface area contributed by atoms with Crippen molar-refractivity contribution in [3.05, 3.63) is 0 Å². The van der Waals surface area contributed by atoms with Crippen LogP contribution in [0, 0.1) is 5.92 Å². The molecule has 3 saturated heterocycles. The highest BCUT2D eigenvalue weighted by molar-refractivity contribution is 5.78. The molecule has 0 radical (unpaired) electrons. The first-order chi connectivity index (χ1) is 6.06. The van der Waals surface area contributed by atoms with Gasteiger partial charge in [0.15, 0.2) is 0 Å². The number of nitrogens with zero attached hydrogens (tertiary/aromatic N) is 1. The summed E-state index contributed by atoms with van der Waals surface area (Å²) >= 11 is 0. The Balaban J connectivity index is 2.32. The molecule has 13 heavy (non-hydrogen) atoms. The molecule has 0 aromatic rings. The Morgan fingerprint density at radius 1 is 1.38 bits per heavy atom. The van der Waals surface area contributed by atoms with Gasteiger partial charge in [0.05, 0.1) is 0 Å². The summed E-state index contributed by atoms with van der Waals surface area (Å²) in [5.74, 6) is -1.41. The molecule has 5 heteroatoms. The largest absolute Gasteiger partial charge is 0.478 e. The van der Waals surface area contributed by atoms with E-state index in [1.165, 1.54) is 4.90 Å². The number of carboxylic acids is 1. The molecule has 2 bridgehead atoms. The van der Waals surface area contributed by atoms with E-state index in [2.05, 4.69) is 0 Å². The lowest BCUT2D eigenvalue weighted by Gasteiger charge is -2.51. The van der Waals surface area contributed by atoms with Crippen LogP contribution < -0.4 is 0 Å². The summed E-state index contributed by atoms with van der Waals surface area (Å²) in [6.07, 6.45) is 0.403. The minimum atomic E-state index is -2.04. The zero-order chi connectivity index (χ0) is 9.64. The van der Waals surface area contributed by atoms with Gasteiger partial charge in [-0.1, -0.05) is 0 Å². The van der Waals surface area contributed by atoms with Gasteiger partial charge in [-0.25, -0.2) is 4.79 Å². The molecule has 3 aliphatic heterocycles. The number of rotatable bonds is 1. The van der Waals surface area contributed by atoms with Crippen molar-refractivity contribution in [3.8, 4) is 0 Å². The zero-order valence-corrected chi connectivity index (χ0v) is 7.18. The van der Waals surface area contributed by atoms with E-state index in [1.807, 2.05) is 0 Å². The minimum Gasteiger partial charge on any atom is -0.478 e. The van der Waals surface area contributed by atoms with Gasteiger partial charge in [-0.2, -0.15) is 0 Å². The predicted octanol–water partition coefficient (Wildman–Crippen LogP) is -1.15. The normalized spacial score (nSPS) is 49.2. The molecule has 2 unspecified atom stereocenters. The Bertz CT molecular complexity index is 232. The molecule has 0 amide bonds. The maximum atomic E-state index is 10.8. The average molecular weight is 187 g/mol. The van der Waals surface area contributed by atoms with Crippen LogP contribution in [0.5, 0.6) is 0 Å². The molecule has 0 spiro atoms. The van der Waals surface area contributed by atoms with Crippen LogP contribution in [0.2, 0.25) is 0 Å². The third-order valence-electron chi connectivity index (χ3n) is 3.20. The molecule has 3 fully saturated rings. The fraction of sp³-hybridized carbons (Fsp3) is 0.875. The lowest BCUT2D eigenvalue weighted by Crippen LogP contribution is -2.70. The number of carboxylic acid groups (broad SMARTS) is 1. The van der Waals surface area contributed by atoms with Crippen LogP contribution in [0.15, 0.2) is 0 Å². The summed E-state index contributed by atoms with van der Waals surface area (Å²) in [5.41, 5.74) is -2.04. The maximum absolute atomic E-state index is 10.8. The summed E-state index contributed by atoms with van der Waals surface area (Å²) < 4.78 is 0. The maximum Gasteiger partial charge on any atom is 0.354 e. The highest BCUT2D eigenvalue weighted by Crippen LogP contribution is 2.37. The number of aliphatic hydroxyl groups excluding tert-OH is 1. The van der Waals surface area contributed by atoms with Crippen LogP contribution in [0.25, 0.3) is 0 Å². The van der Waals surface area contributed by atoms with Crippen LogP contribution in [-0.4, -0.2) is 51.1 Å². The SMILES string of the molecule is O=C(O)C1(O)C(O)C2CCN1CC2. The third-order valence-corrected chi connectivity index (χ3v) is 3.20. The summed E-state index contributed by atoms with van der Waals surface area (Å²) in [7, 11) is 0. The van der Waals surface area contributed by atoms with Gasteiger partial charge < -0.3 is 15.3 Å². The number of hydrogen-bond acceptors (Lipinski definition) is 4. The van der Waals surface area contributed by atoms with Gasteiger partial charge in [0, 0.05) is 13.1 Å². The first-order valence-corrected chi connectivity index (χ1v) is 4.45. The molecule has 3 aliphatic rings. The summed E-state index contributed by atoms with van der Waals surface area (Å²) in [6.45, 7) is 1.12. The first-order valence-electron chi connectivity index (χ1n) is 4.45. The quantitative estimate of drug-likeness (QED) is 0.482. The van der Waals surface area contributed by atoms with E-state index in [-0.39, 0.29) is 5.92 Å². The monoisotopic (exact) mass is 187 g/mol. The number of piperidine rings is 3. The van der Waals surface area contributed by atoms with Crippen molar-refractivity contribution < 1.29 is 20.1 Å². The van der Waals surface area contributed by atoms with Crippen molar-refractivity contribution in [1.29, 1.82) is 0 Å². The van der Waals surface area contributed by atoms with Crippen LogP contribution in [0.4, 0.5) is 0 Å². The van der Waals surface area contributed by atoms with E-state index >= 15 is 0 Å². The average Bonchev–Trinajstić information content (AvgIpc) is 2.13. The van der Waals surface area contributed by atoms with Gasteiger partial charge in [-0.3, -0.25) is 4.90 Å². The molecule has 2 atom stereocenters. The molecule has 5 nitrogen and oxygen atoms in total. The highest BCUT2D eigenvalue weighted by Gasteiger charge is 2.57. The molecule has 3 rings (SSSR count). The van der Waals surface area contributed by atoms with Gasteiger partial charge in [0.1, 0.15) is 6.10 Å². The zero-order valence-electron chi connectivity index (χ0n) is 7.18. The molecule has 0 aromatic carbocycles. The van der Waals surface area contributed by atoms with E-state index in [4.69, 9.17) is 5.11 Å². The van der Waals surface area contributed by atoms with Crippen LogP contribution >= 0.6 is 0 Å². The van der Waals surface area contributed by atoms with E-state index in [9.17, 15) is 15.0 Å². The van der Waals surface area contributed by atoms with Crippen molar-refractivity contribution in [2.24, 2.45) is 5.92 Å². The second-order valence-electron chi connectivity index (χ2n) is 3.80. The predicted molar refractivity (Wildman–Crippen MR) is 42.9 cm³/mol. The number of aliphatic hydroxyl groups is 2. The number of aliphatic carboxylic acids is 1. The summed E-state index contributed by atoms with van der Waals surface area (Å²) in [4.78, 5) is 12.3. The molecule has 0 aliphatic carbocycles. The third kappa shape index (κ3) is 1.01. The second-order valence-corrected chi connectivity index (χ2v) is 3.80. The molecular weight excluding hydrogens is 174 g/mol. The van der Waals surface area contributed by atoms with Crippen LogP contribution in [0.3, 0.4) is 0 Å². The van der Waals surface area contributed by atoms with Crippen LogP contribution in [-0.2, 0) is 4.79 Å². The van der Waals surface area contributed by atoms with E-state index in [0.717, 1.165) is 12.8 Å². The Kier molecular flexibility index (Phi) is 1.83. The standard InChI is InChI=1S/C8H13NO4/c10-6-5-1-3-9(4-2-5)8(6,13)7(11)12/h5-6,10,13H,1-4H2,(H,11,12). The number of carbonyl (C=O) groups is 1. The van der Waals surface area contributed by atoms with Crippen molar-refractivity contribution in [1.82, 2.24) is 4.90 Å². The van der Waals surface area contributed by atoms with Gasteiger partial charge in [-0.15, -0.1) is 0 Å². The molecule has 74 valence electrons. The lowest BCUT2D eigenvalue weighted by molar-refractivity contribution is -0.247. The summed E-state index contributed by atoms with van der Waals surface area (Å²) in [5, 5.41) is 28.2. The van der Waals surface area contributed by atoms with Gasteiger partial charge >= 0.3 is 5.97 Å². The van der Waals surface area contributed by atoms with E-state index in [1.54, 1.807) is 0 Å². The fourth-order valence-electron chi connectivity index (χ4n) is 2.33. The number of hydrogen-bond donors (Lipinski definition) is 3. The Morgan fingerprint density at radius 2 is 1.92 bits per heavy atom.